The SMILES string of the molecule is C.CC1=C(C2CCCCC2)CCC(C)C1. The van der Waals surface area contributed by atoms with Crippen molar-refractivity contribution in [3.63, 3.8) is 0 Å². The van der Waals surface area contributed by atoms with Gasteiger partial charge >= 0.3 is 0 Å². The van der Waals surface area contributed by atoms with Gasteiger partial charge in [-0.15, -0.1) is 0 Å². The highest BCUT2D eigenvalue weighted by molar-refractivity contribution is 5.19. The lowest BCUT2D eigenvalue weighted by molar-refractivity contribution is 0.369. The molecular formula is C15H28. The molecule has 0 aromatic rings. The van der Waals surface area contributed by atoms with Gasteiger partial charge in [-0.2, -0.15) is 0 Å². The molecule has 0 N–H and O–H groups in total. The van der Waals surface area contributed by atoms with Crippen molar-refractivity contribution < 1.29 is 0 Å². The maximum absolute atomic E-state index is 2.40. The molecule has 0 spiro atoms. The first-order valence-electron chi connectivity index (χ1n) is 6.46. The first kappa shape index (κ1) is 12.8. The number of hydrogen-bond acceptors (Lipinski definition) is 0. The zero-order valence-corrected chi connectivity index (χ0v) is 9.81. The van der Waals surface area contributed by atoms with Crippen molar-refractivity contribution >= 4 is 0 Å². The first-order chi connectivity index (χ1) is 6.77. The zero-order chi connectivity index (χ0) is 9.97. The molecule has 1 unspecified atom stereocenters. The second kappa shape index (κ2) is 5.72. The molecule has 0 saturated heterocycles. The molecule has 0 amide bonds. The van der Waals surface area contributed by atoms with E-state index < -0.39 is 0 Å². The van der Waals surface area contributed by atoms with Crippen LogP contribution in [0.15, 0.2) is 11.1 Å². The summed E-state index contributed by atoms with van der Waals surface area (Å²) < 4.78 is 0. The summed E-state index contributed by atoms with van der Waals surface area (Å²) in [5.74, 6) is 1.93. The van der Waals surface area contributed by atoms with Gasteiger partial charge in [0, 0.05) is 0 Å². The van der Waals surface area contributed by atoms with E-state index in [1.807, 2.05) is 5.57 Å². The molecule has 0 radical (unpaired) electrons. The van der Waals surface area contributed by atoms with Gasteiger partial charge in [0.1, 0.15) is 0 Å². The third kappa shape index (κ3) is 3.09. The molecule has 0 heteroatoms. The Hall–Kier alpha value is -0.260. The van der Waals surface area contributed by atoms with Crippen LogP contribution in [-0.2, 0) is 0 Å². The molecule has 0 aromatic heterocycles. The lowest BCUT2D eigenvalue weighted by atomic mass is 9.75. The average Bonchev–Trinajstić information content (AvgIpc) is 2.19. The summed E-state index contributed by atoms with van der Waals surface area (Å²) in [6.07, 6.45) is 11.7. The summed E-state index contributed by atoms with van der Waals surface area (Å²) in [5, 5.41) is 0. The third-order valence-corrected chi connectivity index (χ3v) is 4.21. The Morgan fingerprint density at radius 1 is 1.00 bits per heavy atom. The van der Waals surface area contributed by atoms with Crippen molar-refractivity contribution in [2.24, 2.45) is 11.8 Å². The number of allylic oxidation sites excluding steroid dienone is 2. The lowest BCUT2D eigenvalue weighted by Crippen LogP contribution is -2.15. The van der Waals surface area contributed by atoms with E-state index in [1.54, 1.807) is 5.57 Å². The fourth-order valence-electron chi connectivity index (χ4n) is 3.37. The van der Waals surface area contributed by atoms with Crippen LogP contribution in [0.3, 0.4) is 0 Å². The largest absolute Gasteiger partial charge is 0.0776 e. The second-order valence-electron chi connectivity index (χ2n) is 5.49. The topological polar surface area (TPSA) is 0 Å². The van der Waals surface area contributed by atoms with Crippen molar-refractivity contribution in [3.05, 3.63) is 11.1 Å². The maximum Gasteiger partial charge on any atom is -0.0201 e. The molecule has 0 bridgehead atoms. The fraction of sp³-hybridized carbons (Fsp3) is 0.867. The van der Waals surface area contributed by atoms with Gasteiger partial charge in [-0.3, -0.25) is 0 Å². The van der Waals surface area contributed by atoms with E-state index in [0.29, 0.717) is 0 Å². The molecule has 0 nitrogen and oxygen atoms in total. The van der Waals surface area contributed by atoms with E-state index in [2.05, 4.69) is 13.8 Å². The molecule has 15 heavy (non-hydrogen) atoms. The Balaban J connectivity index is 0.00000112. The molecule has 0 aromatic carbocycles. The van der Waals surface area contributed by atoms with E-state index in [9.17, 15) is 0 Å². The number of hydrogen-bond donors (Lipinski definition) is 0. The minimum Gasteiger partial charge on any atom is -0.0776 e. The van der Waals surface area contributed by atoms with Gasteiger partial charge in [-0.25, -0.2) is 0 Å². The first-order valence-corrected chi connectivity index (χ1v) is 6.46. The zero-order valence-electron chi connectivity index (χ0n) is 9.81. The summed E-state index contributed by atoms with van der Waals surface area (Å²) in [5.41, 5.74) is 3.61. The van der Waals surface area contributed by atoms with Crippen LogP contribution < -0.4 is 0 Å². The van der Waals surface area contributed by atoms with Crippen LogP contribution in [0.1, 0.15) is 72.6 Å². The van der Waals surface area contributed by atoms with Crippen molar-refractivity contribution in [2.75, 3.05) is 0 Å². The smallest absolute Gasteiger partial charge is 0.0201 e. The molecule has 1 fully saturated rings. The molecule has 2 aliphatic carbocycles. The highest BCUT2D eigenvalue weighted by atomic mass is 14.3. The molecule has 0 aliphatic heterocycles. The lowest BCUT2D eigenvalue weighted by Gasteiger charge is -2.31. The van der Waals surface area contributed by atoms with Gasteiger partial charge in [0.2, 0.25) is 0 Å². The van der Waals surface area contributed by atoms with Crippen molar-refractivity contribution in [1.29, 1.82) is 0 Å². The minimum absolute atomic E-state index is 0. The fourth-order valence-corrected chi connectivity index (χ4v) is 3.37. The van der Waals surface area contributed by atoms with E-state index >= 15 is 0 Å². The average molecular weight is 208 g/mol. The summed E-state index contributed by atoms with van der Waals surface area (Å²) in [6.45, 7) is 4.79. The Morgan fingerprint density at radius 2 is 1.67 bits per heavy atom. The van der Waals surface area contributed by atoms with Crippen LogP contribution in [0, 0.1) is 11.8 Å². The molecular weight excluding hydrogens is 180 g/mol. The van der Waals surface area contributed by atoms with Crippen LogP contribution in [0.5, 0.6) is 0 Å². The predicted octanol–water partition coefficient (Wildman–Crippen LogP) is 5.34. The normalized spacial score (nSPS) is 28.8. The Labute approximate surface area is 96.2 Å². The highest BCUT2D eigenvalue weighted by Gasteiger charge is 2.23. The summed E-state index contributed by atoms with van der Waals surface area (Å²) >= 11 is 0. The van der Waals surface area contributed by atoms with Gasteiger partial charge in [0.15, 0.2) is 0 Å². The Bertz CT molecular complexity index is 218. The molecule has 1 atom stereocenters. The van der Waals surface area contributed by atoms with E-state index in [4.69, 9.17) is 0 Å². The maximum atomic E-state index is 2.40. The molecule has 1 saturated carbocycles. The van der Waals surface area contributed by atoms with Gasteiger partial charge in [0.05, 0.1) is 0 Å². The monoisotopic (exact) mass is 208 g/mol. The van der Waals surface area contributed by atoms with Crippen LogP contribution in [-0.4, -0.2) is 0 Å². The van der Waals surface area contributed by atoms with Gasteiger partial charge in [0.25, 0.3) is 0 Å². The van der Waals surface area contributed by atoms with Crippen molar-refractivity contribution in [1.82, 2.24) is 0 Å². The minimum atomic E-state index is 0. The number of rotatable bonds is 1. The predicted molar refractivity (Wildman–Crippen MR) is 69.0 cm³/mol. The molecule has 0 heterocycles. The van der Waals surface area contributed by atoms with Crippen molar-refractivity contribution in [2.45, 2.75) is 72.6 Å². The molecule has 2 rings (SSSR count). The quantitative estimate of drug-likeness (QED) is 0.510. The van der Waals surface area contributed by atoms with Crippen LogP contribution >= 0.6 is 0 Å². The summed E-state index contributed by atoms with van der Waals surface area (Å²) in [6, 6.07) is 0. The Kier molecular flexibility index (Phi) is 4.89. The summed E-state index contributed by atoms with van der Waals surface area (Å²) in [7, 11) is 0. The molecule has 88 valence electrons. The van der Waals surface area contributed by atoms with Crippen LogP contribution in [0.2, 0.25) is 0 Å². The van der Waals surface area contributed by atoms with Crippen molar-refractivity contribution in [3.8, 4) is 0 Å². The van der Waals surface area contributed by atoms with E-state index in [1.165, 1.54) is 51.4 Å². The third-order valence-electron chi connectivity index (χ3n) is 4.21. The van der Waals surface area contributed by atoms with E-state index in [-0.39, 0.29) is 7.43 Å². The van der Waals surface area contributed by atoms with Gasteiger partial charge in [-0.05, 0) is 50.9 Å². The summed E-state index contributed by atoms with van der Waals surface area (Å²) in [4.78, 5) is 0. The Morgan fingerprint density at radius 3 is 2.27 bits per heavy atom. The van der Waals surface area contributed by atoms with Crippen LogP contribution in [0.4, 0.5) is 0 Å². The van der Waals surface area contributed by atoms with Gasteiger partial charge in [-0.1, -0.05) is 44.8 Å². The van der Waals surface area contributed by atoms with E-state index in [0.717, 1.165) is 11.8 Å². The molecule has 2 aliphatic rings. The highest BCUT2D eigenvalue weighted by Crippen LogP contribution is 2.39. The second-order valence-corrected chi connectivity index (χ2v) is 5.49. The van der Waals surface area contributed by atoms with Crippen LogP contribution in [0.25, 0.3) is 0 Å². The standard InChI is InChI=1S/C14H24.CH4/c1-11-8-9-14(12(2)10-11)13-6-4-3-5-7-13;/h11,13H,3-10H2,1-2H3;1H4. The van der Waals surface area contributed by atoms with Gasteiger partial charge < -0.3 is 0 Å².